The second-order valence-corrected chi connectivity index (χ2v) is 6.47. The number of benzene rings is 1. The van der Waals surface area contributed by atoms with E-state index >= 15 is 0 Å². The number of anilines is 1. The number of halogens is 3. The molecule has 2 aromatic heterocycles. The molecule has 1 N–H and O–H groups in total. The maximum absolute atomic E-state index is 13.5. The predicted octanol–water partition coefficient (Wildman–Crippen LogP) is 4.91. The summed E-state index contributed by atoms with van der Waals surface area (Å²) in [5.41, 5.74) is 1.24. The van der Waals surface area contributed by atoms with Crippen LogP contribution in [0.25, 0.3) is 11.3 Å². The Hall–Kier alpha value is -2.22. The third kappa shape index (κ3) is 4.07. The summed E-state index contributed by atoms with van der Waals surface area (Å²) in [5, 5.41) is 4.91. The SMILES string of the molecule is COc1ccc(F)cc1-c1csc(NC(=O)c2cc(Cl)nc(Cl)c2)n1. The minimum atomic E-state index is -0.432. The van der Waals surface area contributed by atoms with Crippen molar-refractivity contribution in [2.24, 2.45) is 0 Å². The number of methoxy groups -OCH3 is 1. The van der Waals surface area contributed by atoms with Gasteiger partial charge < -0.3 is 4.74 Å². The van der Waals surface area contributed by atoms with Crippen molar-refractivity contribution in [3.63, 3.8) is 0 Å². The molecule has 0 saturated heterocycles. The number of rotatable bonds is 4. The van der Waals surface area contributed by atoms with Gasteiger partial charge in [0.25, 0.3) is 5.91 Å². The van der Waals surface area contributed by atoms with Gasteiger partial charge in [0, 0.05) is 16.5 Å². The normalized spacial score (nSPS) is 10.6. The van der Waals surface area contributed by atoms with Crippen LogP contribution in [0.15, 0.2) is 35.7 Å². The molecule has 1 amide bonds. The van der Waals surface area contributed by atoms with Crippen molar-refractivity contribution >= 4 is 45.6 Å². The zero-order valence-corrected chi connectivity index (χ0v) is 15.0. The maximum atomic E-state index is 13.5. The molecule has 5 nitrogen and oxygen atoms in total. The van der Waals surface area contributed by atoms with Crippen LogP contribution in [0.3, 0.4) is 0 Å². The third-order valence-electron chi connectivity index (χ3n) is 3.19. The molecule has 0 saturated carbocycles. The summed E-state index contributed by atoms with van der Waals surface area (Å²) in [5.74, 6) is -0.356. The van der Waals surface area contributed by atoms with Crippen molar-refractivity contribution < 1.29 is 13.9 Å². The number of aromatic nitrogens is 2. The van der Waals surface area contributed by atoms with Crippen molar-refractivity contribution in [3.8, 4) is 17.0 Å². The molecule has 0 fully saturated rings. The van der Waals surface area contributed by atoms with Gasteiger partial charge in [-0.2, -0.15) is 0 Å². The standard InChI is InChI=1S/C16H10Cl2FN3O2S/c1-24-12-3-2-9(19)6-10(12)11-7-25-16(20-11)22-15(23)8-4-13(17)21-14(18)5-8/h2-7H,1H3,(H,20,22,23). The summed E-state index contributed by atoms with van der Waals surface area (Å²) >= 11 is 12.8. The molecule has 0 aliphatic carbocycles. The fourth-order valence-electron chi connectivity index (χ4n) is 2.10. The zero-order valence-electron chi connectivity index (χ0n) is 12.7. The lowest BCUT2D eigenvalue weighted by Gasteiger charge is -2.06. The van der Waals surface area contributed by atoms with E-state index in [-0.39, 0.29) is 15.9 Å². The molecule has 1 aromatic carbocycles. The van der Waals surface area contributed by atoms with Crippen LogP contribution in [0.5, 0.6) is 5.75 Å². The Morgan fingerprint density at radius 1 is 1.20 bits per heavy atom. The van der Waals surface area contributed by atoms with Gasteiger partial charge in [0.15, 0.2) is 5.13 Å². The second-order valence-electron chi connectivity index (χ2n) is 4.84. The fourth-order valence-corrected chi connectivity index (χ4v) is 3.27. The van der Waals surface area contributed by atoms with Crippen LogP contribution in [-0.2, 0) is 0 Å². The van der Waals surface area contributed by atoms with Gasteiger partial charge in [-0.25, -0.2) is 14.4 Å². The van der Waals surface area contributed by atoms with Crippen LogP contribution in [0.1, 0.15) is 10.4 Å². The van der Waals surface area contributed by atoms with Gasteiger partial charge in [-0.15, -0.1) is 11.3 Å². The molecular formula is C16H10Cl2FN3O2S. The zero-order chi connectivity index (χ0) is 18.0. The molecule has 0 atom stereocenters. The van der Waals surface area contributed by atoms with E-state index in [0.29, 0.717) is 22.1 Å². The number of hydrogen-bond acceptors (Lipinski definition) is 5. The second kappa shape index (κ2) is 7.35. The van der Waals surface area contributed by atoms with Gasteiger partial charge in [0.05, 0.1) is 12.8 Å². The molecule has 0 aliphatic rings. The summed E-state index contributed by atoms with van der Waals surface area (Å²) in [7, 11) is 1.49. The Morgan fingerprint density at radius 3 is 2.60 bits per heavy atom. The van der Waals surface area contributed by atoms with Crippen molar-refractivity contribution in [2.45, 2.75) is 0 Å². The van der Waals surface area contributed by atoms with Crippen molar-refractivity contribution in [1.82, 2.24) is 9.97 Å². The summed E-state index contributed by atoms with van der Waals surface area (Å²) in [6.07, 6.45) is 0. The highest BCUT2D eigenvalue weighted by molar-refractivity contribution is 7.14. The van der Waals surface area contributed by atoms with Crippen LogP contribution in [0, 0.1) is 5.82 Å². The van der Waals surface area contributed by atoms with E-state index in [0.717, 1.165) is 0 Å². The third-order valence-corrected chi connectivity index (χ3v) is 4.33. The van der Waals surface area contributed by atoms with E-state index < -0.39 is 11.7 Å². The quantitative estimate of drug-likeness (QED) is 0.635. The van der Waals surface area contributed by atoms with Gasteiger partial charge in [-0.1, -0.05) is 23.2 Å². The van der Waals surface area contributed by atoms with Crippen LogP contribution in [0.4, 0.5) is 9.52 Å². The van der Waals surface area contributed by atoms with E-state index in [9.17, 15) is 9.18 Å². The minimum absolute atomic E-state index is 0.113. The number of carbonyl (C=O) groups is 1. The Balaban J connectivity index is 1.85. The number of ether oxygens (including phenoxy) is 1. The van der Waals surface area contributed by atoms with Gasteiger partial charge in [0.2, 0.25) is 0 Å². The van der Waals surface area contributed by atoms with Gasteiger partial charge in [0.1, 0.15) is 21.9 Å². The maximum Gasteiger partial charge on any atom is 0.257 e. The van der Waals surface area contributed by atoms with Crippen LogP contribution in [-0.4, -0.2) is 23.0 Å². The van der Waals surface area contributed by atoms with E-state index in [1.54, 1.807) is 5.38 Å². The number of nitrogens with one attached hydrogen (secondary N) is 1. The Bertz CT molecular complexity index is 929. The molecular weight excluding hydrogens is 388 g/mol. The van der Waals surface area contributed by atoms with Crippen molar-refractivity contribution in [1.29, 1.82) is 0 Å². The lowest BCUT2D eigenvalue weighted by molar-refractivity contribution is 0.102. The summed E-state index contributed by atoms with van der Waals surface area (Å²) in [6.45, 7) is 0. The largest absolute Gasteiger partial charge is 0.496 e. The molecule has 0 bridgehead atoms. The van der Waals surface area contributed by atoms with Crippen LogP contribution in [0.2, 0.25) is 10.3 Å². The van der Waals surface area contributed by atoms with Crippen molar-refractivity contribution in [2.75, 3.05) is 12.4 Å². The average Bonchev–Trinajstić information content (AvgIpc) is 3.02. The molecule has 128 valence electrons. The lowest BCUT2D eigenvalue weighted by Crippen LogP contribution is -2.12. The lowest BCUT2D eigenvalue weighted by atomic mass is 10.1. The smallest absolute Gasteiger partial charge is 0.257 e. The number of carbonyl (C=O) groups excluding carboxylic acids is 1. The number of amides is 1. The molecule has 0 unspecified atom stereocenters. The first-order chi connectivity index (χ1) is 12.0. The Kier molecular flexibility index (Phi) is 5.17. The van der Waals surface area contributed by atoms with E-state index in [4.69, 9.17) is 27.9 Å². The highest BCUT2D eigenvalue weighted by Crippen LogP contribution is 2.33. The Labute approximate surface area is 156 Å². The fraction of sp³-hybridized carbons (Fsp3) is 0.0625. The first kappa shape index (κ1) is 17.6. The number of thiazole rings is 1. The van der Waals surface area contributed by atoms with Crippen molar-refractivity contribution in [3.05, 3.63) is 57.4 Å². The van der Waals surface area contributed by atoms with Crippen LogP contribution >= 0.6 is 34.5 Å². The van der Waals surface area contributed by atoms with Gasteiger partial charge in [-0.05, 0) is 30.3 Å². The predicted molar refractivity (Wildman–Crippen MR) is 96.3 cm³/mol. The highest BCUT2D eigenvalue weighted by atomic mass is 35.5. The average molecular weight is 398 g/mol. The van der Waals surface area contributed by atoms with E-state index in [2.05, 4.69) is 15.3 Å². The van der Waals surface area contributed by atoms with Crippen LogP contribution < -0.4 is 10.1 Å². The Morgan fingerprint density at radius 2 is 1.92 bits per heavy atom. The summed E-state index contributed by atoms with van der Waals surface area (Å²) < 4.78 is 18.7. The first-order valence-electron chi connectivity index (χ1n) is 6.90. The van der Waals surface area contributed by atoms with E-state index in [1.165, 1.54) is 48.8 Å². The van der Waals surface area contributed by atoms with Gasteiger partial charge >= 0.3 is 0 Å². The summed E-state index contributed by atoms with van der Waals surface area (Å²) in [6, 6.07) is 6.93. The van der Waals surface area contributed by atoms with Gasteiger partial charge in [-0.3, -0.25) is 10.1 Å². The highest BCUT2D eigenvalue weighted by Gasteiger charge is 2.14. The molecule has 9 heteroatoms. The first-order valence-corrected chi connectivity index (χ1v) is 8.53. The molecule has 3 aromatic rings. The molecule has 0 aliphatic heterocycles. The number of pyridine rings is 1. The van der Waals surface area contributed by atoms with E-state index in [1.807, 2.05) is 0 Å². The topological polar surface area (TPSA) is 64.1 Å². The number of hydrogen-bond donors (Lipinski definition) is 1. The molecule has 3 rings (SSSR count). The molecule has 0 radical (unpaired) electrons. The molecule has 25 heavy (non-hydrogen) atoms. The molecule has 0 spiro atoms. The monoisotopic (exact) mass is 397 g/mol. The minimum Gasteiger partial charge on any atom is -0.496 e. The number of nitrogens with zero attached hydrogens (tertiary/aromatic N) is 2. The summed E-state index contributed by atoms with van der Waals surface area (Å²) in [4.78, 5) is 20.3. The molecule has 2 heterocycles.